The highest BCUT2D eigenvalue weighted by atomic mass is 19.1. The Kier molecular flexibility index (Phi) is 8.35. The molecule has 2 amide bonds. The molecule has 184 valence electrons. The first-order chi connectivity index (χ1) is 16.2. The Bertz CT molecular complexity index is 1010. The molecule has 0 fully saturated rings. The molecule has 1 aliphatic heterocycles. The molecule has 2 aromatic carbocycles. The van der Waals surface area contributed by atoms with Gasteiger partial charge in [-0.05, 0) is 50.6 Å². The molecule has 9 heteroatoms. The first-order valence-electron chi connectivity index (χ1n) is 11.3. The number of halogens is 2. The molecule has 1 unspecified atom stereocenters. The smallest absolute Gasteiger partial charge is 0.251 e. The third-order valence-corrected chi connectivity index (χ3v) is 6.64. The molecule has 0 spiro atoms. The summed E-state index contributed by atoms with van der Waals surface area (Å²) in [7, 11) is 3.25. The average Bonchev–Trinajstić information content (AvgIpc) is 2.84. The third kappa shape index (κ3) is 5.11. The van der Waals surface area contributed by atoms with Gasteiger partial charge in [-0.1, -0.05) is 30.3 Å². The fraction of sp³-hybridized carbons (Fsp3) is 0.440. The molecule has 0 bridgehead atoms. The molecule has 0 aromatic heterocycles. The van der Waals surface area contributed by atoms with Crippen molar-refractivity contribution in [3.8, 4) is 0 Å². The van der Waals surface area contributed by atoms with E-state index in [0.717, 1.165) is 17.7 Å². The number of fused-ring (bicyclic) bond motifs is 1. The lowest BCUT2D eigenvalue weighted by Crippen LogP contribution is -2.58. The van der Waals surface area contributed by atoms with Crippen molar-refractivity contribution < 1.29 is 23.1 Å². The van der Waals surface area contributed by atoms with Crippen molar-refractivity contribution in [3.63, 3.8) is 0 Å². The van der Waals surface area contributed by atoms with E-state index in [4.69, 9.17) is 10.5 Å². The summed E-state index contributed by atoms with van der Waals surface area (Å²) in [6.45, 7) is 3.87. The summed E-state index contributed by atoms with van der Waals surface area (Å²) in [5, 5.41) is 5.42. The summed E-state index contributed by atoms with van der Waals surface area (Å²) >= 11 is 0. The quantitative estimate of drug-likeness (QED) is 0.547. The van der Waals surface area contributed by atoms with Gasteiger partial charge in [-0.2, -0.15) is 0 Å². The standard InChI is InChI=1S/C25H32F2N4O3/c1-14(29-3)21(28)20(15(2)34-4)25(33)31-13-12-16-8-5-6-9-17(16)23(31)24(32)30-22-18(26)10-7-11-19(22)27/h5-11,14-15,20-21,23,29H,12-13,28H2,1-4H3,(H,30,32)/t14-,15+,20+,21?,23-/m0/s1. The third-order valence-electron chi connectivity index (χ3n) is 6.64. The van der Waals surface area contributed by atoms with E-state index < -0.39 is 47.3 Å². The second-order valence-corrected chi connectivity index (χ2v) is 8.59. The number of amides is 2. The molecule has 3 rings (SSSR count). The summed E-state index contributed by atoms with van der Waals surface area (Å²) < 4.78 is 34.0. The van der Waals surface area contributed by atoms with Gasteiger partial charge in [-0.15, -0.1) is 0 Å². The van der Waals surface area contributed by atoms with Gasteiger partial charge in [0.1, 0.15) is 23.4 Å². The first kappa shape index (κ1) is 25.7. The molecule has 34 heavy (non-hydrogen) atoms. The van der Waals surface area contributed by atoms with Crippen LogP contribution in [0.4, 0.5) is 14.5 Å². The van der Waals surface area contributed by atoms with Crippen molar-refractivity contribution in [2.24, 2.45) is 11.7 Å². The van der Waals surface area contributed by atoms with Crippen LogP contribution in [0.2, 0.25) is 0 Å². The van der Waals surface area contributed by atoms with Crippen molar-refractivity contribution in [1.29, 1.82) is 0 Å². The molecule has 4 N–H and O–H groups in total. The number of carbonyl (C=O) groups is 2. The number of para-hydroxylation sites is 1. The molecule has 7 nitrogen and oxygen atoms in total. The van der Waals surface area contributed by atoms with Crippen molar-refractivity contribution in [2.45, 2.75) is 44.5 Å². The van der Waals surface area contributed by atoms with E-state index in [9.17, 15) is 18.4 Å². The van der Waals surface area contributed by atoms with Crippen LogP contribution >= 0.6 is 0 Å². The van der Waals surface area contributed by atoms with Crippen LogP contribution in [0.5, 0.6) is 0 Å². The van der Waals surface area contributed by atoms with Crippen LogP contribution in [0, 0.1) is 17.6 Å². The number of likely N-dealkylation sites (N-methyl/N-ethyl adjacent to an activating group) is 1. The lowest BCUT2D eigenvalue weighted by molar-refractivity contribution is -0.147. The van der Waals surface area contributed by atoms with Crippen LogP contribution in [-0.2, 0) is 20.7 Å². The number of nitrogens with zero attached hydrogens (tertiary/aromatic N) is 1. The highest BCUT2D eigenvalue weighted by molar-refractivity contribution is 5.99. The Morgan fingerprint density at radius 3 is 2.38 bits per heavy atom. The van der Waals surface area contributed by atoms with Gasteiger partial charge in [0.15, 0.2) is 0 Å². The zero-order valence-corrected chi connectivity index (χ0v) is 19.8. The lowest BCUT2D eigenvalue weighted by Gasteiger charge is -2.41. The van der Waals surface area contributed by atoms with Gasteiger partial charge in [-0.3, -0.25) is 9.59 Å². The number of nitrogens with two attached hydrogens (primary N) is 1. The van der Waals surface area contributed by atoms with E-state index in [1.807, 2.05) is 19.1 Å². The van der Waals surface area contributed by atoms with Crippen molar-refractivity contribution >= 4 is 17.5 Å². The molecular weight excluding hydrogens is 442 g/mol. The van der Waals surface area contributed by atoms with Crippen LogP contribution in [-0.4, -0.2) is 55.6 Å². The zero-order valence-electron chi connectivity index (χ0n) is 19.8. The van der Waals surface area contributed by atoms with Crippen LogP contribution in [0.3, 0.4) is 0 Å². The van der Waals surface area contributed by atoms with Crippen molar-refractivity contribution in [1.82, 2.24) is 10.2 Å². The molecule has 1 heterocycles. The van der Waals surface area contributed by atoms with E-state index in [0.29, 0.717) is 12.0 Å². The molecule has 0 saturated carbocycles. The minimum Gasteiger partial charge on any atom is -0.381 e. The van der Waals surface area contributed by atoms with E-state index >= 15 is 0 Å². The maximum Gasteiger partial charge on any atom is 0.251 e. The number of methoxy groups -OCH3 is 1. The van der Waals surface area contributed by atoms with Crippen LogP contribution < -0.4 is 16.4 Å². The molecule has 0 aliphatic carbocycles. The predicted octanol–water partition coefficient (Wildman–Crippen LogP) is 2.62. The second kappa shape index (κ2) is 11.0. The van der Waals surface area contributed by atoms with Gasteiger partial charge >= 0.3 is 0 Å². The van der Waals surface area contributed by atoms with Gasteiger partial charge < -0.3 is 26.0 Å². The van der Waals surface area contributed by atoms with Crippen LogP contribution in [0.25, 0.3) is 0 Å². The van der Waals surface area contributed by atoms with E-state index in [2.05, 4.69) is 10.6 Å². The van der Waals surface area contributed by atoms with Gasteiger partial charge in [-0.25, -0.2) is 8.78 Å². The Labute approximate surface area is 198 Å². The Morgan fingerprint density at radius 2 is 1.76 bits per heavy atom. The fourth-order valence-electron chi connectivity index (χ4n) is 4.42. The zero-order chi connectivity index (χ0) is 25.0. The molecule has 0 saturated heterocycles. The normalized spacial score (nSPS) is 19.0. The number of carbonyl (C=O) groups excluding carboxylic acids is 2. The average molecular weight is 475 g/mol. The number of hydrogen-bond acceptors (Lipinski definition) is 5. The van der Waals surface area contributed by atoms with Gasteiger partial charge in [0.05, 0.1) is 12.0 Å². The Hall–Kier alpha value is -2.88. The number of rotatable bonds is 8. The van der Waals surface area contributed by atoms with Crippen LogP contribution in [0.1, 0.15) is 31.0 Å². The Morgan fingerprint density at radius 1 is 1.12 bits per heavy atom. The lowest BCUT2D eigenvalue weighted by atomic mass is 9.85. The van der Waals surface area contributed by atoms with Crippen molar-refractivity contribution in [3.05, 3.63) is 65.2 Å². The van der Waals surface area contributed by atoms with E-state index in [1.165, 1.54) is 18.1 Å². The number of ether oxygens (including phenoxy) is 1. The summed E-state index contributed by atoms with van der Waals surface area (Å²) in [6.07, 6.45) is 0.00758. The summed E-state index contributed by atoms with van der Waals surface area (Å²) in [4.78, 5) is 28.8. The molecule has 1 aliphatic rings. The molecular formula is C25H32F2N4O3. The van der Waals surface area contributed by atoms with Gasteiger partial charge in [0, 0.05) is 25.7 Å². The minimum atomic E-state index is -1.08. The Balaban J connectivity index is 2.02. The maximum absolute atomic E-state index is 14.3. The summed E-state index contributed by atoms with van der Waals surface area (Å²) in [5.74, 6) is -3.61. The first-order valence-corrected chi connectivity index (χ1v) is 11.3. The second-order valence-electron chi connectivity index (χ2n) is 8.59. The monoisotopic (exact) mass is 474 g/mol. The highest BCUT2D eigenvalue weighted by Gasteiger charge is 2.43. The largest absolute Gasteiger partial charge is 0.381 e. The summed E-state index contributed by atoms with van der Waals surface area (Å²) in [5.41, 5.74) is 7.40. The summed E-state index contributed by atoms with van der Waals surface area (Å²) in [6, 6.07) is 8.69. The predicted molar refractivity (Wildman–Crippen MR) is 126 cm³/mol. The van der Waals surface area contributed by atoms with Crippen molar-refractivity contribution in [2.75, 3.05) is 26.0 Å². The number of benzene rings is 2. The fourth-order valence-corrected chi connectivity index (χ4v) is 4.42. The number of nitrogens with one attached hydrogen (secondary N) is 2. The van der Waals surface area contributed by atoms with E-state index in [1.54, 1.807) is 26.1 Å². The molecule has 0 radical (unpaired) electrons. The van der Waals surface area contributed by atoms with Gasteiger partial charge in [0.25, 0.3) is 5.91 Å². The minimum absolute atomic E-state index is 0.205. The van der Waals surface area contributed by atoms with E-state index in [-0.39, 0.29) is 18.5 Å². The van der Waals surface area contributed by atoms with Gasteiger partial charge in [0.2, 0.25) is 5.91 Å². The highest BCUT2D eigenvalue weighted by Crippen LogP contribution is 2.34. The topological polar surface area (TPSA) is 96.7 Å². The molecule has 2 aromatic rings. The SMILES string of the molecule is CN[C@@H](C)C(N)[C@H](C(=O)N1CCc2ccccc2[C@H]1C(=O)Nc1c(F)cccc1F)[C@@H](C)OC. The number of hydrogen-bond donors (Lipinski definition) is 3. The van der Waals surface area contributed by atoms with Crippen LogP contribution in [0.15, 0.2) is 42.5 Å². The molecule has 5 atom stereocenters. The number of anilines is 1. The maximum atomic E-state index is 14.3.